The molecule has 2 amide bonds. The van der Waals surface area contributed by atoms with Crippen LogP contribution in [0.3, 0.4) is 0 Å². The fourth-order valence-electron chi connectivity index (χ4n) is 1.48. The van der Waals surface area contributed by atoms with Gasteiger partial charge in [0.2, 0.25) is 0 Å². The van der Waals surface area contributed by atoms with Gasteiger partial charge in [0.15, 0.2) is 0 Å². The summed E-state index contributed by atoms with van der Waals surface area (Å²) in [5.41, 5.74) is 0. The molecule has 0 aliphatic rings. The zero-order valence-electron chi connectivity index (χ0n) is 10.5. The van der Waals surface area contributed by atoms with Gasteiger partial charge in [0.25, 0.3) is 0 Å². The van der Waals surface area contributed by atoms with Crippen molar-refractivity contribution in [3.05, 3.63) is 22.4 Å². The third-order valence-electron chi connectivity index (χ3n) is 2.31. The Kier molecular flexibility index (Phi) is 5.64. The Morgan fingerprint density at radius 1 is 1.44 bits per heavy atom. The fraction of sp³-hybridized carbons (Fsp3) is 0.500. The van der Waals surface area contributed by atoms with E-state index in [4.69, 9.17) is 5.11 Å². The number of hydrogen-bond acceptors (Lipinski definition) is 3. The van der Waals surface area contributed by atoms with Gasteiger partial charge in [-0.1, -0.05) is 19.9 Å². The summed E-state index contributed by atoms with van der Waals surface area (Å²) in [4.78, 5) is 23.5. The average Bonchev–Trinajstić information content (AvgIpc) is 2.77. The van der Waals surface area contributed by atoms with E-state index >= 15 is 0 Å². The summed E-state index contributed by atoms with van der Waals surface area (Å²) in [6.45, 7) is 4.25. The van der Waals surface area contributed by atoms with Crippen molar-refractivity contribution < 1.29 is 14.7 Å². The Morgan fingerprint density at radius 2 is 2.17 bits per heavy atom. The largest absolute Gasteiger partial charge is 0.480 e. The van der Waals surface area contributed by atoms with Crippen LogP contribution in [0.1, 0.15) is 25.1 Å². The number of rotatable bonds is 6. The normalized spacial score (nSPS) is 12.2. The van der Waals surface area contributed by atoms with Gasteiger partial charge in [0.1, 0.15) is 6.04 Å². The highest BCUT2D eigenvalue weighted by molar-refractivity contribution is 7.09. The van der Waals surface area contributed by atoms with Crippen molar-refractivity contribution in [2.75, 3.05) is 0 Å². The van der Waals surface area contributed by atoms with Crippen LogP contribution in [0.2, 0.25) is 0 Å². The molecule has 3 N–H and O–H groups in total. The van der Waals surface area contributed by atoms with Crippen LogP contribution in [0.15, 0.2) is 17.5 Å². The zero-order chi connectivity index (χ0) is 13.5. The summed E-state index contributed by atoms with van der Waals surface area (Å²) >= 11 is 1.54. The van der Waals surface area contributed by atoms with Gasteiger partial charge in [-0.3, -0.25) is 0 Å². The van der Waals surface area contributed by atoms with Crippen LogP contribution in [-0.4, -0.2) is 23.1 Å². The van der Waals surface area contributed by atoms with Gasteiger partial charge in [-0.25, -0.2) is 9.59 Å². The summed E-state index contributed by atoms with van der Waals surface area (Å²) < 4.78 is 0. The zero-order valence-corrected chi connectivity index (χ0v) is 11.3. The number of carbonyl (C=O) groups excluding carboxylic acids is 1. The Bertz CT molecular complexity index is 390. The number of thiophene rings is 1. The van der Waals surface area contributed by atoms with Gasteiger partial charge in [-0.15, -0.1) is 11.3 Å². The van der Waals surface area contributed by atoms with Crippen LogP contribution in [-0.2, 0) is 11.3 Å². The first-order valence-electron chi connectivity index (χ1n) is 5.78. The Hall–Kier alpha value is -1.56. The molecule has 5 nitrogen and oxygen atoms in total. The first-order valence-corrected chi connectivity index (χ1v) is 6.66. The second-order valence-electron chi connectivity index (χ2n) is 4.43. The lowest BCUT2D eigenvalue weighted by atomic mass is 10.0. The molecule has 0 aromatic carbocycles. The van der Waals surface area contributed by atoms with E-state index in [0.29, 0.717) is 13.0 Å². The number of carboxylic acids is 1. The Balaban J connectivity index is 2.39. The van der Waals surface area contributed by atoms with Crippen LogP contribution < -0.4 is 10.6 Å². The molecule has 0 aliphatic carbocycles. The molecule has 1 atom stereocenters. The molecule has 1 rings (SSSR count). The lowest BCUT2D eigenvalue weighted by Crippen LogP contribution is -2.46. The van der Waals surface area contributed by atoms with Crippen LogP contribution in [0.4, 0.5) is 4.79 Å². The van der Waals surface area contributed by atoms with Crippen molar-refractivity contribution in [1.29, 1.82) is 0 Å². The third-order valence-corrected chi connectivity index (χ3v) is 3.19. The molecule has 0 unspecified atom stereocenters. The van der Waals surface area contributed by atoms with E-state index in [0.717, 1.165) is 4.88 Å². The molecule has 0 aliphatic heterocycles. The molecular weight excluding hydrogens is 252 g/mol. The number of hydrogen-bond donors (Lipinski definition) is 3. The predicted octanol–water partition coefficient (Wildman–Crippen LogP) is 2.05. The van der Waals surface area contributed by atoms with E-state index in [1.807, 2.05) is 31.4 Å². The van der Waals surface area contributed by atoms with Gasteiger partial charge >= 0.3 is 12.0 Å². The van der Waals surface area contributed by atoms with Gasteiger partial charge < -0.3 is 15.7 Å². The van der Waals surface area contributed by atoms with Crippen molar-refractivity contribution in [3.63, 3.8) is 0 Å². The maximum absolute atomic E-state index is 11.6. The molecule has 1 heterocycles. The van der Waals surface area contributed by atoms with Crippen molar-refractivity contribution in [2.24, 2.45) is 5.92 Å². The van der Waals surface area contributed by atoms with Gasteiger partial charge in [-0.05, 0) is 23.8 Å². The Labute approximate surface area is 110 Å². The van der Waals surface area contributed by atoms with Crippen molar-refractivity contribution in [1.82, 2.24) is 10.6 Å². The van der Waals surface area contributed by atoms with E-state index in [9.17, 15) is 9.59 Å². The summed E-state index contributed by atoms with van der Waals surface area (Å²) in [7, 11) is 0. The Morgan fingerprint density at radius 3 is 2.67 bits per heavy atom. The highest BCUT2D eigenvalue weighted by Crippen LogP contribution is 2.08. The summed E-state index contributed by atoms with van der Waals surface area (Å²) in [6.07, 6.45) is 0.418. The van der Waals surface area contributed by atoms with E-state index in [1.165, 1.54) is 0 Å². The second-order valence-corrected chi connectivity index (χ2v) is 5.46. The maximum atomic E-state index is 11.6. The highest BCUT2D eigenvalue weighted by atomic mass is 32.1. The lowest BCUT2D eigenvalue weighted by Gasteiger charge is -2.16. The first kappa shape index (κ1) is 14.5. The monoisotopic (exact) mass is 270 g/mol. The number of aliphatic carboxylic acids is 1. The van der Waals surface area contributed by atoms with Crippen molar-refractivity contribution in [2.45, 2.75) is 32.9 Å². The van der Waals surface area contributed by atoms with Crippen molar-refractivity contribution >= 4 is 23.3 Å². The predicted molar refractivity (Wildman–Crippen MR) is 70.6 cm³/mol. The standard InChI is InChI=1S/C12H18N2O3S/c1-8(2)6-10(11(15)16)14-12(17)13-7-9-4-3-5-18-9/h3-5,8,10H,6-7H2,1-2H3,(H,15,16)(H2,13,14,17)/t10-/m1/s1. The van der Waals surface area contributed by atoms with E-state index in [1.54, 1.807) is 11.3 Å². The van der Waals surface area contributed by atoms with Gasteiger partial charge in [-0.2, -0.15) is 0 Å². The quantitative estimate of drug-likeness (QED) is 0.740. The van der Waals surface area contributed by atoms with E-state index in [-0.39, 0.29) is 5.92 Å². The lowest BCUT2D eigenvalue weighted by molar-refractivity contribution is -0.139. The molecule has 0 saturated heterocycles. The second kappa shape index (κ2) is 7.00. The average molecular weight is 270 g/mol. The topological polar surface area (TPSA) is 78.4 Å². The minimum Gasteiger partial charge on any atom is -0.480 e. The number of amides is 2. The SMILES string of the molecule is CC(C)C[C@@H](NC(=O)NCc1cccs1)C(=O)O. The maximum Gasteiger partial charge on any atom is 0.326 e. The molecule has 0 bridgehead atoms. The fourth-order valence-corrected chi connectivity index (χ4v) is 2.13. The molecular formula is C12H18N2O3S. The molecule has 0 spiro atoms. The first-order chi connectivity index (χ1) is 8.49. The van der Waals surface area contributed by atoms with Gasteiger partial charge in [0, 0.05) is 4.88 Å². The van der Waals surface area contributed by atoms with Crippen molar-refractivity contribution in [3.8, 4) is 0 Å². The summed E-state index contributed by atoms with van der Waals surface area (Å²) in [5.74, 6) is -0.793. The minimum atomic E-state index is -1.00. The highest BCUT2D eigenvalue weighted by Gasteiger charge is 2.20. The number of nitrogens with one attached hydrogen (secondary N) is 2. The van der Waals surface area contributed by atoms with E-state index < -0.39 is 18.0 Å². The molecule has 18 heavy (non-hydrogen) atoms. The minimum absolute atomic E-state index is 0.212. The third kappa shape index (κ3) is 5.18. The number of carbonyl (C=O) groups is 2. The van der Waals surface area contributed by atoms with E-state index in [2.05, 4.69) is 10.6 Å². The smallest absolute Gasteiger partial charge is 0.326 e. The van der Waals surface area contributed by atoms with Gasteiger partial charge in [0.05, 0.1) is 6.54 Å². The molecule has 1 aromatic rings. The molecule has 100 valence electrons. The van der Waals surface area contributed by atoms with Crippen LogP contribution in [0.5, 0.6) is 0 Å². The number of urea groups is 1. The summed E-state index contributed by atoms with van der Waals surface area (Å²) in [5, 5.41) is 16.0. The van der Waals surface area contributed by atoms with Crippen LogP contribution in [0.25, 0.3) is 0 Å². The van der Waals surface area contributed by atoms with Crippen LogP contribution >= 0.6 is 11.3 Å². The van der Waals surface area contributed by atoms with Crippen LogP contribution in [0, 0.1) is 5.92 Å². The molecule has 6 heteroatoms. The molecule has 0 saturated carbocycles. The molecule has 0 radical (unpaired) electrons. The molecule has 1 aromatic heterocycles. The molecule has 0 fully saturated rings. The number of carboxylic acid groups (broad SMARTS) is 1. The summed E-state index contributed by atoms with van der Waals surface area (Å²) in [6, 6.07) is 2.52.